The summed E-state index contributed by atoms with van der Waals surface area (Å²) in [6.07, 6.45) is 1.46. The second kappa shape index (κ2) is 8.08. The Kier molecular flexibility index (Phi) is 5.36. The maximum atomic E-state index is 12.2. The minimum atomic E-state index is -0.249. The molecule has 0 aliphatic rings. The number of anilines is 1. The number of thiophene rings is 1. The molecule has 2 aromatic heterocycles. The Hall–Kier alpha value is -2.77. The summed E-state index contributed by atoms with van der Waals surface area (Å²) in [4.78, 5) is 21.7. The van der Waals surface area contributed by atoms with Crippen molar-refractivity contribution in [3.05, 3.63) is 70.3 Å². The number of halogens is 1. The Morgan fingerprint density at radius 2 is 1.86 bits per heavy atom. The first-order valence-electron chi connectivity index (χ1n) is 8.57. The molecule has 0 atom stereocenters. The predicted molar refractivity (Wildman–Crippen MR) is 116 cm³/mol. The summed E-state index contributed by atoms with van der Waals surface area (Å²) in [6, 6.07) is 15.6. The van der Waals surface area contributed by atoms with Crippen LogP contribution in [-0.4, -0.2) is 22.5 Å². The van der Waals surface area contributed by atoms with Crippen molar-refractivity contribution in [2.24, 2.45) is 0 Å². The zero-order valence-corrected chi connectivity index (χ0v) is 17.4. The zero-order valence-electron chi connectivity index (χ0n) is 15.0. The Balaban J connectivity index is 1.55. The van der Waals surface area contributed by atoms with Crippen molar-refractivity contribution in [2.45, 2.75) is 6.92 Å². The van der Waals surface area contributed by atoms with Gasteiger partial charge in [0.25, 0.3) is 5.91 Å². The highest BCUT2D eigenvalue weighted by molar-refractivity contribution is 9.10. The highest BCUT2D eigenvalue weighted by Gasteiger charge is 2.15. The fourth-order valence-electron chi connectivity index (χ4n) is 2.77. The minimum Gasteiger partial charge on any atom is -0.467 e. The number of fused-ring (bicyclic) bond motifs is 1. The lowest BCUT2D eigenvalue weighted by molar-refractivity contribution is -0.118. The van der Waals surface area contributed by atoms with Gasteiger partial charge in [-0.2, -0.15) is 0 Å². The molecule has 28 heavy (non-hydrogen) atoms. The van der Waals surface area contributed by atoms with Crippen molar-refractivity contribution >= 4 is 49.1 Å². The number of ether oxygens (including phenoxy) is 1. The van der Waals surface area contributed by atoms with E-state index in [9.17, 15) is 4.79 Å². The molecule has 4 aromatic rings. The molecule has 1 amide bonds. The molecule has 0 bridgehead atoms. The number of amides is 1. The van der Waals surface area contributed by atoms with Gasteiger partial charge in [-0.05, 0) is 36.8 Å². The molecule has 4 rings (SSSR count). The van der Waals surface area contributed by atoms with Crippen LogP contribution in [0.25, 0.3) is 21.3 Å². The topological polar surface area (TPSA) is 64.1 Å². The van der Waals surface area contributed by atoms with Crippen LogP contribution in [-0.2, 0) is 4.79 Å². The highest BCUT2D eigenvalue weighted by Crippen LogP contribution is 2.37. The van der Waals surface area contributed by atoms with Crippen molar-refractivity contribution < 1.29 is 9.53 Å². The number of nitrogens with one attached hydrogen (secondary N) is 1. The van der Waals surface area contributed by atoms with Crippen molar-refractivity contribution in [3.8, 4) is 17.0 Å². The third-order valence-electron chi connectivity index (χ3n) is 4.17. The van der Waals surface area contributed by atoms with Crippen LogP contribution >= 0.6 is 27.3 Å². The van der Waals surface area contributed by atoms with Gasteiger partial charge in [-0.25, -0.2) is 9.97 Å². The number of aromatic nitrogens is 2. The second-order valence-corrected chi connectivity index (χ2v) is 7.99. The summed E-state index contributed by atoms with van der Waals surface area (Å²) in [6.45, 7) is 1.92. The van der Waals surface area contributed by atoms with Gasteiger partial charge in [0, 0.05) is 21.1 Å². The van der Waals surface area contributed by atoms with Crippen molar-refractivity contribution in [1.82, 2.24) is 9.97 Å². The minimum absolute atomic E-state index is 0.134. The lowest BCUT2D eigenvalue weighted by atomic mass is 10.0. The average molecular weight is 454 g/mol. The van der Waals surface area contributed by atoms with E-state index in [0.29, 0.717) is 11.6 Å². The summed E-state index contributed by atoms with van der Waals surface area (Å²) >= 11 is 4.90. The first-order chi connectivity index (χ1) is 13.6. The fourth-order valence-corrected chi connectivity index (χ4v) is 3.94. The van der Waals surface area contributed by atoms with E-state index in [2.05, 4.69) is 62.4 Å². The fraction of sp³-hybridized carbons (Fsp3) is 0.0952. The number of carbonyl (C=O) groups is 1. The van der Waals surface area contributed by atoms with Crippen LogP contribution in [0.4, 0.5) is 5.69 Å². The molecule has 2 aromatic carbocycles. The molecule has 140 valence electrons. The molecule has 0 saturated heterocycles. The van der Waals surface area contributed by atoms with Gasteiger partial charge in [-0.1, -0.05) is 45.8 Å². The number of hydrogen-bond donors (Lipinski definition) is 1. The van der Waals surface area contributed by atoms with E-state index >= 15 is 0 Å². The third-order valence-corrected chi connectivity index (χ3v) is 5.58. The molecule has 0 aliphatic heterocycles. The lowest BCUT2D eigenvalue weighted by Crippen LogP contribution is -2.20. The van der Waals surface area contributed by atoms with Gasteiger partial charge in [0.2, 0.25) is 5.88 Å². The molecule has 0 unspecified atom stereocenters. The van der Waals surface area contributed by atoms with E-state index in [-0.39, 0.29) is 12.5 Å². The molecule has 0 radical (unpaired) electrons. The molecule has 0 saturated carbocycles. The highest BCUT2D eigenvalue weighted by atomic mass is 79.9. The maximum Gasteiger partial charge on any atom is 0.262 e. The number of carbonyl (C=O) groups excluding carboxylic acids is 1. The molecule has 5 nitrogen and oxygen atoms in total. The number of hydrogen-bond acceptors (Lipinski definition) is 5. The van der Waals surface area contributed by atoms with Crippen LogP contribution in [0, 0.1) is 6.92 Å². The number of benzene rings is 2. The van der Waals surface area contributed by atoms with Crippen LogP contribution in [0.1, 0.15) is 5.56 Å². The summed E-state index contributed by atoms with van der Waals surface area (Å²) < 4.78 is 6.71. The van der Waals surface area contributed by atoms with E-state index in [4.69, 9.17) is 4.74 Å². The Bertz CT molecular complexity index is 1120. The number of aryl methyl sites for hydroxylation is 1. The lowest BCUT2D eigenvalue weighted by Gasteiger charge is -2.09. The van der Waals surface area contributed by atoms with Crippen LogP contribution in [0.3, 0.4) is 0 Å². The van der Waals surface area contributed by atoms with Gasteiger partial charge in [0.05, 0.1) is 5.39 Å². The summed E-state index contributed by atoms with van der Waals surface area (Å²) in [5.74, 6) is 0.161. The predicted octanol–water partition coefficient (Wildman–Crippen LogP) is 5.45. The summed E-state index contributed by atoms with van der Waals surface area (Å²) in [5.41, 5.74) is 3.97. The van der Waals surface area contributed by atoms with Crippen molar-refractivity contribution in [1.29, 1.82) is 0 Å². The van der Waals surface area contributed by atoms with Crippen molar-refractivity contribution in [3.63, 3.8) is 0 Å². The normalized spacial score (nSPS) is 10.8. The quantitative estimate of drug-likeness (QED) is 0.436. The molecule has 0 spiro atoms. The first-order valence-corrected chi connectivity index (χ1v) is 10.2. The van der Waals surface area contributed by atoms with Crippen LogP contribution in [0.2, 0.25) is 0 Å². The van der Waals surface area contributed by atoms with E-state index < -0.39 is 0 Å². The van der Waals surface area contributed by atoms with E-state index in [1.165, 1.54) is 23.2 Å². The van der Waals surface area contributed by atoms with Crippen LogP contribution in [0.5, 0.6) is 5.88 Å². The smallest absolute Gasteiger partial charge is 0.262 e. The molecule has 0 fully saturated rings. The van der Waals surface area contributed by atoms with Gasteiger partial charge < -0.3 is 10.1 Å². The molecular weight excluding hydrogens is 438 g/mol. The largest absolute Gasteiger partial charge is 0.467 e. The van der Waals surface area contributed by atoms with Gasteiger partial charge in [0.15, 0.2) is 6.61 Å². The van der Waals surface area contributed by atoms with E-state index in [1.54, 1.807) is 0 Å². The van der Waals surface area contributed by atoms with Gasteiger partial charge in [0.1, 0.15) is 11.2 Å². The average Bonchev–Trinajstić information content (AvgIpc) is 3.13. The maximum absolute atomic E-state index is 12.2. The molecule has 2 heterocycles. The third kappa shape index (κ3) is 4.05. The summed E-state index contributed by atoms with van der Waals surface area (Å²) in [7, 11) is 0. The number of nitrogens with zero attached hydrogens (tertiary/aromatic N) is 2. The first kappa shape index (κ1) is 18.6. The molecule has 7 heteroatoms. The molecule has 0 aliphatic carbocycles. The van der Waals surface area contributed by atoms with E-state index in [1.807, 2.05) is 29.6 Å². The molecule has 1 N–H and O–H groups in total. The zero-order chi connectivity index (χ0) is 19.5. The van der Waals surface area contributed by atoms with Crippen molar-refractivity contribution in [2.75, 3.05) is 11.9 Å². The van der Waals surface area contributed by atoms with Gasteiger partial charge in [-0.3, -0.25) is 4.79 Å². The Morgan fingerprint density at radius 1 is 1.11 bits per heavy atom. The Morgan fingerprint density at radius 3 is 2.61 bits per heavy atom. The molecular formula is C21H16BrN3O2S. The standard InChI is InChI=1S/C21H16BrN3O2S/c1-13-2-4-14(5-3-13)17-11-28-21-19(17)20(23-12-24-21)27-10-18(26)25-16-8-6-15(22)7-9-16/h2-9,11-12H,10H2,1H3,(H,25,26). The van der Waals surface area contributed by atoms with Crippen LogP contribution < -0.4 is 10.1 Å². The Labute approximate surface area is 174 Å². The SMILES string of the molecule is Cc1ccc(-c2csc3ncnc(OCC(=O)Nc4ccc(Br)cc4)c23)cc1. The monoisotopic (exact) mass is 453 g/mol. The van der Waals surface area contributed by atoms with E-state index in [0.717, 1.165) is 25.8 Å². The summed E-state index contributed by atoms with van der Waals surface area (Å²) in [5, 5.41) is 5.68. The number of rotatable bonds is 5. The van der Waals surface area contributed by atoms with Gasteiger partial charge in [-0.15, -0.1) is 11.3 Å². The van der Waals surface area contributed by atoms with Gasteiger partial charge >= 0.3 is 0 Å². The second-order valence-electron chi connectivity index (χ2n) is 6.22. The van der Waals surface area contributed by atoms with Crippen LogP contribution in [0.15, 0.2) is 64.7 Å².